The highest BCUT2D eigenvalue weighted by Crippen LogP contribution is 2.34. The topological polar surface area (TPSA) is 71.8 Å². The summed E-state index contributed by atoms with van der Waals surface area (Å²) in [6.07, 6.45) is 4.65. The van der Waals surface area contributed by atoms with Crippen molar-refractivity contribution in [1.29, 1.82) is 0 Å². The monoisotopic (exact) mass is 487 g/mol. The SMILES string of the molecule is C=C/C(=C\C(=C)OC)N1CCN(c2nc3c4c(nn(C)c4n2)CCN3Cc2ccc(OC)cc2)CC1. The fourth-order valence-corrected chi connectivity index (χ4v) is 4.86. The van der Waals surface area contributed by atoms with Crippen molar-refractivity contribution in [3.8, 4) is 5.75 Å². The Bertz CT molecular complexity index is 1300. The fraction of sp³-hybridized carbons (Fsp3) is 0.370. The number of aromatic nitrogens is 4. The number of methoxy groups -OCH3 is 2. The van der Waals surface area contributed by atoms with Crippen molar-refractivity contribution in [3.63, 3.8) is 0 Å². The van der Waals surface area contributed by atoms with Gasteiger partial charge in [0.1, 0.15) is 17.3 Å². The van der Waals surface area contributed by atoms with Crippen LogP contribution in [0.3, 0.4) is 0 Å². The van der Waals surface area contributed by atoms with Gasteiger partial charge in [-0.05, 0) is 23.8 Å². The van der Waals surface area contributed by atoms with Crippen LogP contribution in [0, 0.1) is 0 Å². The Morgan fingerprint density at radius 3 is 2.47 bits per heavy atom. The molecule has 0 saturated carbocycles. The van der Waals surface area contributed by atoms with Crippen LogP contribution in [0.25, 0.3) is 11.0 Å². The molecule has 1 saturated heterocycles. The number of piperazine rings is 1. The van der Waals surface area contributed by atoms with E-state index in [2.05, 4.69) is 40.0 Å². The molecule has 9 heteroatoms. The minimum atomic E-state index is 0.615. The lowest BCUT2D eigenvalue weighted by Crippen LogP contribution is -2.46. The van der Waals surface area contributed by atoms with Gasteiger partial charge in [0.15, 0.2) is 5.65 Å². The van der Waals surface area contributed by atoms with E-state index in [0.717, 1.165) is 85.6 Å². The molecule has 0 bridgehead atoms. The lowest BCUT2D eigenvalue weighted by molar-refractivity contribution is 0.299. The maximum absolute atomic E-state index is 5.32. The first-order chi connectivity index (χ1) is 17.5. The van der Waals surface area contributed by atoms with E-state index in [1.54, 1.807) is 14.2 Å². The summed E-state index contributed by atoms with van der Waals surface area (Å²) < 4.78 is 12.4. The minimum absolute atomic E-state index is 0.615. The molecule has 0 unspecified atom stereocenters. The Labute approximate surface area is 211 Å². The van der Waals surface area contributed by atoms with E-state index in [1.165, 1.54) is 5.56 Å². The van der Waals surface area contributed by atoms with Crippen molar-refractivity contribution in [2.75, 3.05) is 56.7 Å². The summed E-state index contributed by atoms with van der Waals surface area (Å²) in [4.78, 5) is 17.0. The van der Waals surface area contributed by atoms with Gasteiger partial charge >= 0.3 is 0 Å². The lowest BCUT2D eigenvalue weighted by atomic mass is 10.1. The molecular formula is C27H33N7O2. The maximum Gasteiger partial charge on any atom is 0.229 e. The normalized spacial score (nSPS) is 15.9. The van der Waals surface area contributed by atoms with Crippen LogP contribution in [0.15, 0.2) is 61.0 Å². The van der Waals surface area contributed by atoms with Gasteiger partial charge in [-0.25, -0.2) is 4.68 Å². The summed E-state index contributed by atoms with van der Waals surface area (Å²) in [6, 6.07) is 8.23. The molecule has 2 aromatic heterocycles. The van der Waals surface area contributed by atoms with E-state index in [9.17, 15) is 0 Å². The summed E-state index contributed by atoms with van der Waals surface area (Å²) in [5, 5.41) is 5.82. The Kier molecular flexibility index (Phi) is 6.54. The summed E-state index contributed by atoms with van der Waals surface area (Å²) in [6.45, 7) is 12.8. The average Bonchev–Trinajstić information content (AvgIpc) is 3.25. The molecule has 1 fully saturated rings. The largest absolute Gasteiger partial charge is 0.497 e. The fourth-order valence-electron chi connectivity index (χ4n) is 4.86. The second-order valence-electron chi connectivity index (χ2n) is 9.05. The molecule has 0 aliphatic carbocycles. The van der Waals surface area contributed by atoms with Gasteiger partial charge in [-0.3, -0.25) is 0 Å². The van der Waals surface area contributed by atoms with Crippen molar-refractivity contribution in [2.45, 2.75) is 13.0 Å². The predicted molar refractivity (Wildman–Crippen MR) is 142 cm³/mol. The number of allylic oxidation sites excluding steroid dienone is 2. The van der Waals surface area contributed by atoms with Gasteiger partial charge in [-0.15, -0.1) is 0 Å². The summed E-state index contributed by atoms with van der Waals surface area (Å²) in [5.41, 5.74) is 4.18. The van der Waals surface area contributed by atoms with Crippen LogP contribution in [-0.2, 0) is 24.8 Å². The zero-order valence-corrected chi connectivity index (χ0v) is 21.3. The van der Waals surface area contributed by atoms with Gasteiger partial charge in [0, 0.05) is 64.5 Å². The molecule has 0 spiro atoms. The number of ether oxygens (including phenoxy) is 2. The van der Waals surface area contributed by atoms with Gasteiger partial charge in [-0.2, -0.15) is 15.1 Å². The number of hydrogen-bond donors (Lipinski definition) is 0. The standard InChI is InChI=1S/C27H33N7O2/c1-6-21(17-19(2)35-4)32-13-15-33(16-14-32)27-28-25-24-23(30-31(25)3)11-12-34(26(24)29-27)18-20-7-9-22(36-5)10-8-20/h6-10,17H,1-2,11-16,18H2,3-5H3/b21-17+. The van der Waals surface area contributed by atoms with Crippen LogP contribution in [0.2, 0.25) is 0 Å². The highest BCUT2D eigenvalue weighted by atomic mass is 16.5. The molecule has 0 amide bonds. The first kappa shape index (κ1) is 23.7. The van der Waals surface area contributed by atoms with Crippen LogP contribution in [0.1, 0.15) is 11.3 Å². The molecule has 188 valence electrons. The second-order valence-corrected chi connectivity index (χ2v) is 9.05. The minimum Gasteiger partial charge on any atom is -0.497 e. The quantitative estimate of drug-likeness (QED) is 0.354. The van der Waals surface area contributed by atoms with Gasteiger partial charge in [0.25, 0.3) is 0 Å². The third-order valence-corrected chi connectivity index (χ3v) is 6.88. The Hall–Kier alpha value is -4.01. The summed E-state index contributed by atoms with van der Waals surface area (Å²) >= 11 is 0. The first-order valence-corrected chi connectivity index (χ1v) is 12.2. The molecule has 3 aromatic rings. The van der Waals surface area contributed by atoms with Crippen molar-refractivity contribution >= 4 is 22.8 Å². The van der Waals surface area contributed by atoms with Crippen molar-refractivity contribution in [1.82, 2.24) is 24.6 Å². The van der Waals surface area contributed by atoms with Crippen molar-refractivity contribution < 1.29 is 9.47 Å². The molecular weight excluding hydrogens is 454 g/mol. The number of nitrogens with zero attached hydrogens (tertiary/aromatic N) is 7. The molecule has 4 heterocycles. The van der Waals surface area contributed by atoms with Crippen LogP contribution >= 0.6 is 0 Å². The number of rotatable bonds is 8. The van der Waals surface area contributed by atoms with Gasteiger partial charge in [0.05, 0.1) is 25.3 Å². The van der Waals surface area contributed by atoms with E-state index in [0.29, 0.717) is 5.76 Å². The number of hydrogen-bond acceptors (Lipinski definition) is 8. The smallest absolute Gasteiger partial charge is 0.229 e. The molecule has 36 heavy (non-hydrogen) atoms. The summed E-state index contributed by atoms with van der Waals surface area (Å²) in [5.74, 6) is 3.19. The molecule has 9 nitrogen and oxygen atoms in total. The first-order valence-electron chi connectivity index (χ1n) is 12.2. The summed E-state index contributed by atoms with van der Waals surface area (Å²) in [7, 11) is 5.28. The molecule has 0 atom stereocenters. The van der Waals surface area contributed by atoms with E-state index in [-0.39, 0.29) is 0 Å². The van der Waals surface area contributed by atoms with Gasteiger partial charge in [0.2, 0.25) is 5.95 Å². The predicted octanol–water partition coefficient (Wildman–Crippen LogP) is 3.29. The lowest BCUT2D eigenvalue weighted by Gasteiger charge is -2.37. The van der Waals surface area contributed by atoms with Crippen LogP contribution in [0.5, 0.6) is 5.75 Å². The maximum atomic E-state index is 5.32. The number of aryl methyl sites for hydroxylation is 1. The van der Waals surface area contributed by atoms with Crippen molar-refractivity contribution in [3.05, 3.63) is 72.3 Å². The average molecular weight is 488 g/mol. The van der Waals surface area contributed by atoms with Crippen LogP contribution in [0.4, 0.5) is 11.8 Å². The Morgan fingerprint density at radius 1 is 1.06 bits per heavy atom. The Balaban J connectivity index is 1.41. The van der Waals surface area contributed by atoms with E-state index < -0.39 is 0 Å². The third-order valence-electron chi connectivity index (χ3n) is 6.88. The Morgan fingerprint density at radius 2 is 1.81 bits per heavy atom. The number of anilines is 2. The molecule has 5 rings (SSSR count). The highest BCUT2D eigenvalue weighted by molar-refractivity contribution is 5.92. The second kappa shape index (κ2) is 9.93. The number of benzene rings is 1. The third kappa shape index (κ3) is 4.48. The molecule has 1 aromatic carbocycles. The van der Waals surface area contributed by atoms with E-state index in [1.807, 2.05) is 36.0 Å². The van der Waals surface area contributed by atoms with Gasteiger partial charge in [-0.1, -0.05) is 25.3 Å². The highest BCUT2D eigenvalue weighted by Gasteiger charge is 2.28. The van der Waals surface area contributed by atoms with Crippen molar-refractivity contribution in [2.24, 2.45) is 7.05 Å². The molecule has 0 radical (unpaired) electrons. The van der Waals surface area contributed by atoms with E-state index in [4.69, 9.17) is 24.5 Å². The van der Waals surface area contributed by atoms with E-state index >= 15 is 0 Å². The molecule has 2 aliphatic rings. The zero-order chi connectivity index (χ0) is 25.2. The van der Waals surface area contributed by atoms with Crippen LogP contribution < -0.4 is 14.5 Å². The van der Waals surface area contributed by atoms with Gasteiger partial charge < -0.3 is 24.2 Å². The molecule has 0 N–H and O–H groups in total. The zero-order valence-electron chi connectivity index (χ0n) is 21.3. The van der Waals surface area contributed by atoms with Crippen LogP contribution in [-0.4, -0.2) is 71.6 Å². The molecule has 2 aliphatic heterocycles.